The summed E-state index contributed by atoms with van der Waals surface area (Å²) in [5.41, 5.74) is 5.57. The van der Waals surface area contributed by atoms with E-state index in [9.17, 15) is 4.79 Å². The zero-order chi connectivity index (χ0) is 14.6. The van der Waals surface area contributed by atoms with Crippen LogP contribution in [0.15, 0.2) is 0 Å². The van der Waals surface area contributed by atoms with Crippen LogP contribution in [0.25, 0.3) is 0 Å². The summed E-state index contributed by atoms with van der Waals surface area (Å²) in [5.74, 6) is 0.0264. The Morgan fingerprint density at radius 1 is 1.18 bits per heavy atom. The number of nitrogens with two attached hydrogens (primary N) is 1. The van der Waals surface area contributed by atoms with Gasteiger partial charge in [0.2, 0.25) is 5.91 Å². The Balaban J connectivity index is 0.00000220. The number of halogens is 2. The van der Waals surface area contributed by atoms with E-state index in [1.807, 2.05) is 0 Å². The van der Waals surface area contributed by atoms with Crippen molar-refractivity contribution in [1.29, 1.82) is 0 Å². The Labute approximate surface area is 146 Å². The van der Waals surface area contributed by atoms with E-state index >= 15 is 0 Å². The highest BCUT2D eigenvalue weighted by Gasteiger charge is 2.36. The molecule has 2 rings (SSSR count). The van der Waals surface area contributed by atoms with Crippen LogP contribution in [0, 0.1) is 0 Å². The predicted octanol–water partition coefficient (Wildman–Crippen LogP) is 1.72. The van der Waals surface area contributed by atoms with Crippen molar-refractivity contribution < 1.29 is 9.53 Å². The number of rotatable bonds is 4. The Bertz CT molecular complexity index is 342. The van der Waals surface area contributed by atoms with Crippen LogP contribution >= 0.6 is 24.8 Å². The summed E-state index contributed by atoms with van der Waals surface area (Å²) in [6.07, 6.45) is 4.96. The molecule has 0 radical (unpaired) electrons. The molecule has 5 nitrogen and oxygen atoms in total. The van der Waals surface area contributed by atoms with E-state index < -0.39 is 5.54 Å². The fourth-order valence-corrected chi connectivity index (χ4v) is 3.16. The molecule has 0 bridgehead atoms. The monoisotopic (exact) mass is 355 g/mol. The van der Waals surface area contributed by atoms with Gasteiger partial charge in [-0.3, -0.25) is 9.69 Å². The van der Waals surface area contributed by atoms with Crippen molar-refractivity contribution in [2.24, 2.45) is 5.73 Å². The predicted molar refractivity (Wildman–Crippen MR) is 94.0 cm³/mol. The summed E-state index contributed by atoms with van der Waals surface area (Å²) in [4.78, 5) is 14.7. The number of nitrogens with one attached hydrogen (secondary N) is 1. The number of hydrogen-bond acceptors (Lipinski definition) is 4. The maximum Gasteiger partial charge on any atom is 0.240 e. The minimum atomic E-state index is -0.640. The van der Waals surface area contributed by atoms with Crippen LogP contribution in [-0.4, -0.2) is 54.7 Å². The first-order chi connectivity index (χ1) is 9.44. The van der Waals surface area contributed by atoms with Crippen LogP contribution in [0.2, 0.25) is 0 Å². The number of ether oxygens (including phenoxy) is 1. The minimum absolute atomic E-state index is 0. The van der Waals surface area contributed by atoms with Crippen molar-refractivity contribution in [2.45, 2.75) is 57.0 Å². The van der Waals surface area contributed by atoms with Gasteiger partial charge in [0.25, 0.3) is 0 Å². The molecule has 1 aliphatic carbocycles. The second kappa shape index (κ2) is 9.28. The molecule has 7 heteroatoms. The summed E-state index contributed by atoms with van der Waals surface area (Å²) in [7, 11) is 0. The highest BCUT2D eigenvalue weighted by molar-refractivity contribution is 5.86. The van der Waals surface area contributed by atoms with Gasteiger partial charge in [-0.1, -0.05) is 19.3 Å². The van der Waals surface area contributed by atoms with Gasteiger partial charge < -0.3 is 15.8 Å². The van der Waals surface area contributed by atoms with E-state index in [0.717, 1.165) is 52.0 Å². The third-order valence-electron chi connectivity index (χ3n) is 4.75. The second-order valence-electron chi connectivity index (χ2n) is 6.81. The molecule has 1 saturated carbocycles. The first-order valence-corrected chi connectivity index (χ1v) is 7.84. The van der Waals surface area contributed by atoms with Gasteiger partial charge in [0.1, 0.15) is 0 Å². The fourth-order valence-electron chi connectivity index (χ4n) is 3.16. The SMILES string of the molecule is CC(C)(CNC(=O)C1(N)CCCCC1)N1CCOCC1.Cl.Cl. The van der Waals surface area contributed by atoms with Crippen LogP contribution in [-0.2, 0) is 9.53 Å². The number of amides is 1. The van der Waals surface area contributed by atoms with E-state index in [1.165, 1.54) is 6.42 Å². The topological polar surface area (TPSA) is 67.6 Å². The van der Waals surface area contributed by atoms with Crippen molar-refractivity contribution in [3.8, 4) is 0 Å². The molecule has 1 heterocycles. The van der Waals surface area contributed by atoms with Crippen molar-refractivity contribution in [3.63, 3.8) is 0 Å². The zero-order valence-electron chi connectivity index (χ0n) is 13.7. The Kier molecular flexibility index (Phi) is 9.25. The summed E-state index contributed by atoms with van der Waals surface area (Å²) in [6, 6.07) is 0. The first-order valence-electron chi connectivity index (χ1n) is 7.84. The molecule has 0 unspecified atom stereocenters. The first kappa shape index (κ1) is 21.9. The van der Waals surface area contributed by atoms with Gasteiger partial charge in [-0.05, 0) is 26.7 Å². The van der Waals surface area contributed by atoms with Gasteiger partial charge in [-0.15, -0.1) is 24.8 Å². The van der Waals surface area contributed by atoms with E-state index in [4.69, 9.17) is 10.5 Å². The molecule has 0 aromatic carbocycles. The quantitative estimate of drug-likeness (QED) is 0.805. The van der Waals surface area contributed by atoms with Gasteiger partial charge in [-0.25, -0.2) is 0 Å². The molecular formula is C15H31Cl2N3O2. The summed E-state index contributed by atoms with van der Waals surface area (Å²) in [6.45, 7) is 8.39. The summed E-state index contributed by atoms with van der Waals surface area (Å²) < 4.78 is 5.38. The number of carbonyl (C=O) groups is 1. The third-order valence-corrected chi connectivity index (χ3v) is 4.75. The lowest BCUT2D eigenvalue weighted by Crippen LogP contribution is -2.60. The zero-order valence-corrected chi connectivity index (χ0v) is 15.4. The molecule has 3 N–H and O–H groups in total. The van der Waals surface area contributed by atoms with Crippen LogP contribution in [0.5, 0.6) is 0 Å². The number of nitrogens with zero attached hydrogens (tertiary/aromatic N) is 1. The van der Waals surface area contributed by atoms with Crippen molar-refractivity contribution in [2.75, 3.05) is 32.8 Å². The number of carbonyl (C=O) groups excluding carboxylic acids is 1. The summed E-state index contributed by atoms with van der Waals surface area (Å²) >= 11 is 0. The molecular weight excluding hydrogens is 325 g/mol. The van der Waals surface area contributed by atoms with Crippen molar-refractivity contribution in [1.82, 2.24) is 10.2 Å². The highest BCUT2D eigenvalue weighted by atomic mass is 35.5. The van der Waals surface area contributed by atoms with Gasteiger partial charge in [-0.2, -0.15) is 0 Å². The lowest BCUT2D eigenvalue weighted by atomic mass is 9.82. The number of hydrogen-bond donors (Lipinski definition) is 2. The molecule has 2 fully saturated rings. The molecule has 0 aromatic heterocycles. The average Bonchev–Trinajstić information content (AvgIpc) is 2.46. The van der Waals surface area contributed by atoms with E-state index in [0.29, 0.717) is 6.54 Å². The van der Waals surface area contributed by atoms with Gasteiger partial charge in [0, 0.05) is 25.2 Å². The lowest BCUT2D eigenvalue weighted by molar-refractivity contribution is -0.128. The number of morpholine rings is 1. The molecule has 0 aromatic rings. The summed E-state index contributed by atoms with van der Waals surface area (Å²) in [5, 5.41) is 3.08. The largest absolute Gasteiger partial charge is 0.379 e. The Morgan fingerprint density at radius 2 is 1.73 bits per heavy atom. The molecule has 2 aliphatic rings. The highest BCUT2D eigenvalue weighted by Crippen LogP contribution is 2.26. The molecule has 22 heavy (non-hydrogen) atoms. The maximum atomic E-state index is 12.4. The standard InChI is InChI=1S/C15H29N3O2.2ClH/c1-14(2,18-8-10-20-11-9-18)12-17-13(19)15(16)6-4-3-5-7-15;;/h3-12,16H2,1-2H3,(H,17,19);2*1H. The Hall–Kier alpha value is -0.0700. The van der Waals surface area contributed by atoms with Gasteiger partial charge in [0.05, 0.1) is 18.8 Å². The van der Waals surface area contributed by atoms with Gasteiger partial charge in [0.15, 0.2) is 0 Å². The normalized spacial score (nSPS) is 22.1. The van der Waals surface area contributed by atoms with Crippen molar-refractivity contribution in [3.05, 3.63) is 0 Å². The second-order valence-corrected chi connectivity index (χ2v) is 6.81. The van der Waals surface area contributed by atoms with Crippen LogP contribution in [0.4, 0.5) is 0 Å². The Morgan fingerprint density at radius 3 is 2.27 bits per heavy atom. The van der Waals surface area contributed by atoms with Gasteiger partial charge >= 0.3 is 0 Å². The average molecular weight is 356 g/mol. The minimum Gasteiger partial charge on any atom is -0.379 e. The molecule has 1 aliphatic heterocycles. The van der Waals surface area contributed by atoms with Crippen LogP contribution in [0.3, 0.4) is 0 Å². The lowest BCUT2D eigenvalue weighted by Gasteiger charge is -2.41. The van der Waals surface area contributed by atoms with Crippen LogP contribution < -0.4 is 11.1 Å². The van der Waals surface area contributed by atoms with Crippen LogP contribution in [0.1, 0.15) is 46.0 Å². The molecule has 0 spiro atoms. The van der Waals surface area contributed by atoms with E-state index in [1.54, 1.807) is 0 Å². The molecule has 0 atom stereocenters. The molecule has 1 saturated heterocycles. The third kappa shape index (κ3) is 5.53. The van der Waals surface area contributed by atoms with E-state index in [2.05, 4.69) is 24.1 Å². The molecule has 1 amide bonds. The van der Waals surface area contributed by atoms with E-state index in [-0.39, 0.29) is 36.3 Å². The van der Waals surface area contributed by atoms with Crippen molar-refractivity contribution >= 4 is 30.7 Å². The molecule has 132 valence electrons. The smallest absolute Gasteiger partial charge is 0.240 e. The fraction of sp³-hybridized carbons (Fsp3) is 0.933. The maximum absolute atomic E-state index is 12.4.